The Morgan fingerprint density at radius 2 is 1.86 bits per heavy atom. The van der Waals surface area contributed by atoms with Crippen LogP contribution in [0.5, 0.6) is 0 Å². The SMILES string of the molecule is CCN(CC)C1CCN(CCCC(CCN)C(C)(C)C)C1. The standard InChI is InChI=1S/C18H39N3/c1-6-21(7-2)17-11-14-20(15-17)13-8-9-16(10-12-19)18(3,4)5/h16-17H,6-15,19H2,1-5H3. The second-order valence-corrected chi connectivity index (χ2v) is 7.75. The topological polar surface area (TPSA) is 32.5 Å². The summed E-state index contributed by atoms with van der Waals surface area (Å²) >= 11 is 0. The van der Waals surface area contributed by atoms with Crippen molar-refractivity contribution in [2.24, 2.45) is 17.1 Å². The smallest absolute Gasteiger partial charge is 0.0235 e. The maximum Gasteiger partial charge on any atom is 0.0235 e. The first-order valence-electron chi connectivity index (χ1n) is 9.08. The summed E-state index contributed by atoms with van der Waals surface area (Å²) in [5.41, 5.74) is 6.18. The van der Waals surface area contributed by atoms with Crippen LogP contribution in [0.25, 0.3) is 0 Å². The monoisotopic (exact) mass is 297 g/mol. The summed E-state index contributed by atoms with van der Waals surface area (Å²) in [5, 5.41) is 0. The second-order valence-electron chi connectivity index (χ2n) is 7.75. The van der Waals surface area contributed by atoms with Gasteiger partial charge in [-0.1, -0.05) is 34.6 Å². The fourth-order valence-corrected chi connectivity index (χ4v) is 3.83. The Morgan fingerprint density at radius 3 is 2.38 bits per heavy atom. The average molecular weight is 298 g/mol. The lowest BCUT2D eigenvalue weighted by Gasteiger charge is -2.31. The summed E-state index contributed by atoms with van der Waals surface area (Å²) < 4.78 is 0. The quantitative estimate of drug-likeness (QED) is 0.709. The largest absolute Gasteiger partial charge is 0.330 e. The van der Waals surface area contributed by atoms with Crippen LogP contribution in [-0.2, 0) is 0 Å². The van der Waals surface area contributed by atoms with E-state index >= 15 is 0 Å². The molecule has 0 aromatic rings. The Bertz CT molecular complexity index is 268. The Morgan fingerprint density at radius 1 is 1.19 bits per heavy atom. The molecule has 0 aromatic heterocycles. The molecule has 1 rings (SSSR count). The summed E-state index contributed by atoms with van der Waals surface area (Å²) in [6.45, 7) is 18.7. The van der Waals surface area contributed by atoms with Crippen LogP contribution in [0.1, 0.15) is 60.3 Å². The van der Waals surface area contributed by atoms with Gasteiger partial charge in [-0.25, -0.2) is 0 Å². The van der Waals surface area contributed by atoms with E-state index in [9.17, 15) is 0 Å². The predicted octanol–water partition coefficient (Wildman–Crippen LogP) is 3.19. The molecule has 1 aliphatic heterocycles. The van der Waals surface area contributed by atoms with Gasteiger partial charge in [-0.05, 0) is 69.7 Å². The zero-order valence-corrected chi connectivity index (χ0v) is 15.2. The Labute approximate surface area is 133 Å². The molecule has 1 heterocycles. The first-order valence-corrected chi connectivity index (χ1v) is 9.08. The minimum absolute atomic E-state index is 0.397. The summed E-state index contributed by atoms with van der Waals surface area (Å²) in [4.78, 5) is 5.29. The van der Waals surface area contributed by atoms with Gasteiger partial charge in [0.05, 0.1) is 0 Å². The average Bonchev–Trinajstić information content (AvgIpc) is 2.87. The van der Waals surface area contributed by atoms with Crippen molar-refractivity contribution in [3.8, 4) is 0 Å². The Hall–Kier alpha value is -0.120. The predicted molar refractivity (Wildman–Crippen MR) is 93.6 cm³/mol. The van der Waals surface area contributed by atoms with Crippen molar-refractivity contribution in [1.29, 1.82) is 0 Å². The van der Waals surface area contributed by atoms with Gasteiger partial charge >= 0.3 is 0 Å². The minimum Gasteiger partial charge on any atom is -0.330 e. The molecule has 126 valence electrons. The molecule has 1 saturated heterocycles. The minimum atomic E-state index is 0.397. The highest BCUT2D eigenvalue weighted by atomic mass is 15.2. The number of hydrogen-bond donors (Lipinski definition) is 1. The van der Waals surface area contributed by atoms with E-state index in [0.717, 1.165) is 18.5 Å². The first-order chi connectivity index (χ1) is 9.92. The van der Waals surface area contributed by atoms with Crippen LogP contribution in [0.3, 0.4) is 0 Å². The van der Waals surface area contributed by atoms with Gasteiger partial charge in [-0.3, -0.25) is 4.90 Å². The van der Waals surface area contributed by atoms with E-state index in [1.165, 1.54) is 58.4 Å². The lowest BCUT2D eigenvalue weighted by Crippen LogP contribution is -2.37. The number of likely N-dealkylation sites (N-methyl/N-ethyl adjacent to an activating group) is 1. The lowest BCUT2D eigenvalue weighted by molar-refractivity contribution is 0.190. The zero-order chi connectivity index (χ0) is 15.9. The fraction of sp³-hybridized carbons (Fsp3) is 1.00. The van der Waals surface area contributed by atoms with Gasteiger partial charge < -0.3 is 10.6 Å². The number of nitrogens with zero attached hydrogens (tertiary/aromatic N) is 2. The molecule has 0 spiro atoms. The molecule has 2 atom stereocenters. The molecule has 3 heteroatoms. The van der Waals surface area contributed by atoms with Crippen LogP contribution in [0.15, 0.2) is 0 Å². The van der Waals surface area contributed by atoms with Crippen molar-refractivity contribution in [3.63, 3.8) is 0 Å². The maximum atomic E-state index is 5.79. The third-order valence-electron chi connectivity index (χ3n) is 5.34. The molecule has 0 radical (unpaired) electrons. The van der Waals surface area contributed by atoms with Crippen molar-refractivity contribution in [3.05, 3.63) is 0 Å². The van der Waals surface area contributed by atoms with Crippen LogP contribution in [0.4, 0.5) is 0 Å². The fourth-order valence-electron chi connectivity index (χ4n) is 3.83. The molecule has 2 unspecified atom stereocenters. The zero-order valence-electron chi connectivity index (χ0n) is 15.2. The van der Waals surface area contributed by atoms with Crippen LogP contribution in [-0.4, -0.2) is 55.1 Å². The number of likely N-dealkylation sites (tertiary alicyclic amines) is 1. The number of nitrogens with two attached hydrogens (primary N) is 1. The van der Waals surface area contributed by atoms with E-state index in [-0.39, 0.29) is 0 Å². The van der Waals surface area contributed by atoms with E-state index in [2.05, 4.69) is 44.4 Å². The number of rotatable bonds is 9. The van der Waals surface area contributed by atoms with E-state index < -0.39 is 0 Å². The van der Waals surface area contributed by atoms with Crippen LogP contribution in [0, 0.1) is 11.3 Å². The van der Waals surface area contributed by atoms with Gasteiger partial charge in [0.1, 0.15) is 0 Å². The third kappa shape index (κ3) is 6.25. The van der Waals surface area contributed by atoms with Crippen molar-refractivity contribution in [1.82, 2.24) is 9.80 Å². The Kier molecular flexibility index (Phi) is 8.22. The highest BCUT2D eigenvalue weighted by Gasteiger charge is 2.27. The number of hydrogen-bond acceptors (Lipinski definition) is 3. The summed E-state index contributed by atoms with van der Waals surface area (Å²) in [6.07, 6.45) is 5.18. The molecule has 21 heavy (non-hydrogen) atoms. The molecule has 1 aliphatic rings. The second kappa shape index (κ2) is 9.12. The van der Waals surface area contributed by atoms with Gasteiger partial charge in [0, 0.05) is 12.6 Å². The molecule has 1 fully saturated rings. The van der Waals surface area contributed by atoms with E-state index in [4.69, 9.17) is 5.73 Å². The van der Waals surface area contributed by atoms with Crippen molar-refractivity contribution >= 4 is 0 Å². The van der Waals surface area contributed by atoms with E-state index in [1.807, 2.05) is 0 Å². The molecule has 3 nitrogen and oxygen atoms in total. The summed E-state index contributed by atoms with van der Waals surface area (Å²) in [6, 6.07) is 0.794. The summed E-state index contributed by atoms with van der Waals surface area (Å²) in [7, 11) is 0. The molecule has 0 bridgehead atoms. The van der Waals surface area contributed by atoms with Gasteiger partial charge in [-0.15, -0.1) is 0 Å². The highest BCUT2D eigenvalue weighted by molar-refractivity contribution is 4.83. The van der Waals surface area contributed by atoms with E-state index in [1.54, 1.807) is 0 Å². The first kappa shape index (κ1) is 18.9. The van der Waals surface area contributed by atoms with Crippen molar-refractivity contribution < 1.29 is 0 Å². The molecule has 0 saturated carbocycles. The molecule has 0 aliphatic carbocycles. The highest BCUT2D eigenvalue weighted by Crippen LogP contribution is 2.32. The molecular weight excluding hydrogens is 258 g/mol. The lowest BCUT2D eigenvalue weighted by atomic mass is 9.76. The molecule has 0 aromatic carbocycles. The van der Waals surface area contributed by atoms with Gasteiger partial charge in [-0.2, -0.15) is 0 Å². The van der Waals surface area contributed by atoms with Crippen LogP contribution in [0.2, 0.25) is 0 Å². The van der Waals surface area contributed by atoms with Crippen molar-refractivity contribution in [2.75, 3.05) is 39.3 Å². The molecular formula is C18H39N3. The molecule has 2 N–H and O–H groups in total. The summed E-state index contributed by atoms with van der Waals surface area (Å²) in [5.74, 6) is 0.767. The third-order valence-corrected chi connectivity index (χ3v) is 5.34. The van der Waals surface area contributed by atoms with Gasteiger partial charge in [0.15, 0.2) is 0 Å². The maximum absolute atomic E-state index is 5.79. The normalized spacial score (nSPS) is 22.1. The van der Waals surface area contributed by atoms with Gasteiger partial charge in [0.2, 0.25) is 0 Å². The van der Waals surface area contributed by atoms with Crippen molar-refractivity contribution in [2.45, 2.75) is 66.3 Å². The Balaban J connectivity index is 2.30. The van der Waals surface area contributed by atoms with Crippen LogP contribution >= 0.6 is 0 Å². The van der Waals surface area contributed by atoms with Gasteiger partial charge in [0.25, 0.3) is 0 Å². The van der Waals surface area contributed by atoms with Crippen LogP contribution < -0.4 is 5.73 Å². The molecule has 0 amide bonds. The van der Waals surface area contributed by atoms with E-state index in [0.29, 0.717) is 5.41 Å².